The highest BCUT2D eigenvalue weighted by molar-refractivity contribution is 6.51. The van der Waals surface area contributed by atoms with Crippen molar-refractivity contribution < 1.29 is 15.0 Å². The number of carboxylic acids is 1. The summed E-state index contributed by atoms with van der Waals surface area (Å²) in [5.41, 5.74) is 1.82. The van der Waals surface area contributed by atoms with Gasteiger partial charge in [-0.3, -0.25) is 0 Å². The van der Waals surface area contributed by atoms with Crippen LogP contribution in [0.5, 0.6) is 5.75 Å². The quantitative estimate of drug-likeness (QED) is 0.837. The zero-order valence-electron chi connectivity index (χ0n) is 9.88. The molecule has 3 nitrogen and oxygen atoms in total. The minimum Gasteiger partial charge on any atom is -0.508 e. The number of carboxylic acid groups (broad SMARTS) is 1. The summed E-state index contributed by atoms with van der Waals surface area (Å²) in [6.45, 7) is 0. The van der Waals surface area contributed by atoms with E-state index in [0.717, 1.165) is 11.1 Å². The molecule has 0 aromatic heterocycles. The Morgan fingerprint density at radius 1 is 0.947 bits per heavy atom. The van der Waals surface area contributed by atoms with Gasteiger partial charge in [-0.1, -0.05) is 23.7 Å². The molecular formula is C15H11ClO3. The van der Waals surface area contributed by atoms with Gasteiger partial charge in [0, 0.05) is 5.03 Å². The van der Waals surface area contributed by atoms with Crippen LogP contribution >= 0.6 is 11.6 Å². The molecule has 0 unspecified atom stereocenters. The van der Waals surface area contributed by atoms with Gasteiger partial charge in [0.05, 0.1) is 5.56 Å². The molecule has 0 aliphatic carbocycles. The molecule has 2 N–H and O–H groups in total. The van der Waals surface area contributed by atoms with E-state index in [1.807, 2.05) is 0 Å². The van der Waals surface area contributed by atoms with Crippen LogP contribution in [0.2, 0.25) is 0 Å². The standard InChI is InChI=1S/C15H11ClO3/c16-14(11-5-7-13(17)8-6-11)9-10-1-3-12(4-2-10)15(18)19/h1-9,17H,(H,18,19). The minimum absolute atomic E-state index is 0.180. The van der Waals surface area contributed by atoms with Crippen molar-refractivity contribution in [2.45, 2.75) is 0 Å². The van der Waals surface area contributed by atoms with E-state index in [9.17, 15) is 9.90 Å². The van der Waals surface area contributed by atoms with E-state index in [1.165, 1.54) is 12.1 Å². The number of halogens is 1. The number of rotatable bonds is 3. The van der Waals surface area contributed by atoms with Crippen LogP contribution in [0.25, 0.3) is 11.1 Å². The van der Waals surface area contributed by atoms with Gasteiger partial charge in [0.2, 0.25) is 0 Å². The van der Waals surface area contributed by atoms with Gasteiger partial charge < -0.3 is 10.2 Å². The summed E-state index contributed by atoms with van der Waals surface area (Å²) < 4.78 is 0. The Hall–Kier alpha value is -2.26. The largest absolute Gasteiger partial charge is 0.508 e. The maximum Gasteiger partial charge on any atom is 0.335 e. The Morgan fingerprint density at radius 3 is 2.00 bits per heavy atom. The third-order valence-electron chi connectivity index (χ3n) is 2.59. The van der Waals surface area contributed by atoms with Crippen LogP contribution in [0, 0.1) is 0 Å². The summed E-state index contributed by atoms with van der Waals surface area (Å²) in [7, 11) is 0. The summed E-state index contributed by atoms with van der Waals surface area (Å²) in [6, 6.07) is 12.9. The van der Waals surface area contributed by atoms with Crippen LogP contribution in [-0.2, 0) is 0 Å². The number of carbonyl (C=O) groups is 1. The lowest BCUT2D eigenvalue weighted by molar-refractivity contribution is 0.0697. The highest BCUT2D eigenvalue weighted by Gasteiger charge is 2.02. The Bertz CT molecular complexity index is 613. The molecule has 0 saturated carbocycles. The van der Waals surface area contributed by atoms with Gasteiger partial charge in [-0.2, -0.15) is 0 Å². The average Bonchev–Trinajstić information content (AvgIpc) is 2.40. The van der Waals surface area contributed by atoms with Gasteiger partial charge >= 0.3 is 5.97 Å². The Kier molecular flexibility index (Phi) is 3.88. The van der Waals surface area contributed by atoms with Gasteiger partial charge in [0.25, 0.3) is 0 Å². The number of hydrogen-bond donors (Lipinski definition) is 2. The topological polar surface area (TPSA) is 57.5 Å². The monoisotopic (exact) mass is 274 g/mol. The van der Waals surface area contributed by atoms with Crippen molar-refractivity contribution in [3.63, 3.8) is 0 Å². The lowest BCUT2D eigenvalue weighted by Crippen LogP contribution is -1.94. The first kappa shape index (κ1) is 13.2. The second-order valence-corrected chi connectivity index (χ2v) is 4.37. The molecule has 0 heterocycles. The number of aromatic hydroxyl groups is 1. The number of benzene rings is 2. The fourth-order valence-corrected chi connectivity index (χ4v) is 1.82. The fourth-order valence-electron chi connectivity index (χ4n) is 1.57. The maximum atomic E-state index is 10.7. The molecule has 96 valence electrons. The molecule has 0 aliphatic heterocycles. The predicted molar refractivity (Wildman–Crippen MR) is 75.2 cm³/mol. The summed E-state index contributed by atoms with van der Waals surface area (Å²) in [5.74, 6) is -0.779. The molecule has 2 aromatic carbocycles. The molecule has 2 rings (SSSR count). The molecule has 0 fully saturated rings. The Morgan fingerprint density at radius 2 is 1.47 bits per heavy atom. The lowest BCUT2D eigenvalue weighted by atomic mass is 10.1. The van der Waals surface area contributed by atoms with Crippen molar-refractivity contribution in [3.8, 4) is 5.75 Å². The highest BCUT2D eigenvalue weighted by atomic mass is 35.5. The highest BCUT2D eigenvalue weighted by Crippen LogP contribution is 2.24. The summed E-state index contributed by atoms with van der Waals surface area (Å²) in [5, 5.41) is 18.5. The molecule has 0 amide bonds. The van der Waals surface area contributed by atoms with Gasteiger partial charge in [-0.05, 0) is 53.6 Å². The molecule has 0 spiro atoms. The second kappa shape index (κ2) is 5.59. The summed E-state index contributed by atoms with van der Waals surface area (Å²) >= 11 is 6.16. The van der Waals surface area contributed by atoms with Gasteiger partial charge in [-0.15, -0.1) is 0 Å². The number of phenols is 1. The lowest BCUT2D eigenvalue weighted by Gasteiger charge is -2.01. The Labute approximate surface area is 115 Å². The van der Waals surface area contributed by atoms with Crippen molar-refractivity contribution in [2.24, 2.45) is 0 Å². The van der Waals surface area contributed by atoms with Crippen LogP contribution in [-0.4, -0.2) is 16.2 Å². The molecule has 2 aromatic rings. The van der Waals surface area contributed by atoms with Crippen molar-refractivity contribution in [3.05, 3.63) is 65.2 Å². The summed E-state index contributed by atoms with van der Waals surface area (Å²) in [6.07, 6.45) is 1.74. The van der Waals surface area contributed by atoms with Gasteiger partial charge in [0.1, 0.15) is 5.75 Å². The third kappa shape index (κ3) is 3.36. The van der Waals surface area contributed by atoms with Crippen molar-refractivity contribution in [2.75, 3.05) is 0 Å². The van der Waals surface area contributed by atoms with Crippen molar-refractivity contribution >= 4 is 28.7 Å². The Balaban J connectivity index is 2.25. The zero-order chi connectivity index (χ0) is 13.8. The van der Waals surface area contributed by atoms with E-state index in [0.29, 0.717) is 5.03 Å². The first-order chi connectivity index (χ1) is 9.06. The van der Waals surface area contributed by atoms with Crippen LogP contribution in [0.3, 0.4) is 0 Å². The van der Waals surface area contributed by atoms with Crippen LogP contribution in [0.15, 0.2) is 48.5 Å². The van der Waals surface area contributed by atoms with E-state index in [1.54, 1.807) is 42.5 Å². The van der Waals surface area contributed by atoms with Crippen molar-refractivity contribution in [1.82, 2.24) is 0 Å². The molecule has 0 atom stereocenters. The molecule has 0 radical (unpaired) electrons. The molecule has 0 bridgehead atoms. The smallest absolute Gasteiger partial charge is 0.335 e. The van der Waals surface area contributed by atoms with E-state index in [2.05, 4.69) is 0 Å². The molecule has 4 heteroatoms. The number of phenolic OH excluding ortho intramolecular Hbond substituents is 1. The number of hydrogen-bond acceptors (Lipinski definition) is 2. The normalized spacial score (nSPS) is 11.3. The average molecular weight is 275 g/mol. The van der Waals surface area contributed by atoms with E-state index in [-0.39, 0.29) is 11.3 Å². The number of aromatic carboxylic acids is 1. The SMILES string of the molecule is O=C(O)c1ccc(C=C(Cl)c2ccc(O)cc2)cc1. The molecule has 19 heavy (non-hydrogen) atoms. The van der Waals surface area contributed by atoms with E-state index < -0.39 is 5.97 Å². The second-order valence-electron chi connectivity index (χ2n) is 3.97. The first-order valence-electron chi connectivity index (χ1n) is 5.56. The zero-order valence-corrected chi connectivity index (χ0v) is 10.6. The first-order valence-corrected chi connectivity index (χ1v) is 5.94. The minimum atomic E-state index is -0.958. The van der Waals surface area contributed by atoms with Gasteiger partial charge in [0.15, 0.2) is 0 Å². The molecule has 0 aliphatic rings. The maximum absolute atomic E-state index is 10.7. The predicted octanol–water partition coefficient (Wildman–Crippen LogP) is 3.83. The van der Waals surface area contributed by atoms with Gasteiger partial charge in [-0.25, -0.2) is 4.79 Å². The van der Waals surface area contributed by atoms with Crippen LogP contribution < -0.4 is 0 Å². The van der Waals surface area contributed by atoms with Crippen molar-refractivity contribution in [1.29, 1.82) is 0 Å². The molecule has 0 saturated heterocycles. The van der Waals surface area contributed by atoms with E-state index in [4.69, 9.17) is 16.7 Å². The van der Waals surface area contributed by atoms with Crippen LogP contribution in [0.1, 0.15) is 21.5 Å². The molecular weight excluding hydrogens is 264 g/mol. The van der Waals surface area contributed by atoms with Crippen LogP contribution in [0.4, 0.5) is 0 Å². The fraction of sp³-hybridized carbons (Fsp3) is 0. The third-order valence-corrected chi connectivity index (χ3v) is 2.92. The van der Waals surface area contributed by atoms with E-state index >= 15 is 0 Å². The summed E-state index contributed by atoms with van der Waals surface area (Å²) in [4.78, 5) is 10.7.